The summed E-state index contributed by atoms with van der Waals surface area (Å²) >= 11 is 2.11. The van der Waals surface area contributed by atoms with Crippen LogP contribution in [0.4, 0.5) is 9.80 Å². The number of carbonyl (C=O) groups is 1. The molecule has 0 saturated carbocycles. The summed E-state index contributed by atoms with van der Waals surface area (Å²) in [5.41, 5.74) is 0. The number of ether oxygens (including phenoxy) is 2. The van der Waals surface area contributed by atoms with Gasteiger partial charge < -0.3 is 14.4 Å². The van der Waals surface area contributed by atoms with Crippen LogP contribution in [0.2, 0.25) is 0 Å². The molecule has 17 heteroatoms. The topological polar surface area (TPSA) is 169 Å². The Morgan fingerprint density at radius 1 is 1.33 bits per heavy atom. The van der Waals surface area contributed by atoms with Crippen LogP contribution < -0.4 is 4.74 Å². The van der Waals surface area contributed by atoms with Crippen molar-refractivity contribution in [2.75, 3.05) is 19.7 Å². The van der Waals surface area contributed by atoms with Crippen LogP contribution in [0.1, 0.15) is 31.6 Å². The second-order valence-electron chi connectivity index (χ2n) is 6.89. The van der Waals surface area contributed by atoms with Crippen LogP contribution in [0, 0.1) is 10.1 Å². The number of hydrogen-bond acceptors (Lipinski definition) is 13. The number of amides is 1. The van der Waals surface area contributed by atoms with E-state index in [0.717, 1.165) is 23.1 Å². The van der Waals surface area contributed by atoms with E-state index in [0.29, 0.717) is 47.9 Å². The third-order valence-corrected chi connectivity index (χ3v) is 6.92. The molecule has 3 aromatic heterocycles. The van der Waals surface area contributed by atoms with Crippen molar-refractivity contribution in [3.05, 3.63) is 22.1 Å². The molecule has 0 unspecified atom stereocenters. The van der Waals surface area contributed by atoms with Crippen LogP contribution in [0.25, 0.3) is 0 Å². The normalized spacial score (nSPS) is 14.4. The minimum Gasteiger partial charge on any atom is -0.455 e. The molecular weight excluding hydrogens is 476 g/mol. The number of aromatic nitrogens is 8. The lowest BCUT2D eigenvalue weighted by Gasteiger charge is -2.31. The summed E-state index contributed by atoms with van der Waals surface area (Å²) < 4.78 is 14.6. The van der Waals surface area contributed by atoms with Crippen LogP contribution >= 0.6 is 23.1 Å². The molecule has 1 amide bonds. The highest BCUT2D eigenvalue weighted by molar-refractivity contribution is 8.00. The summed E-state index contributed by atoms with van der Waals surface area (Å²) in [5, 5.41) is 31.2. The monoisotopic (exact) mass is 496 g/mol. The molecule has 15 nitrogen and oxygen atoms in total. The van der Waals surface area contributed by atoms with Gasteiger partial charge in [0.25, 0.3) is 0 Å². The van der Waals surface area contributed by atoms with Gasteiger partial charge in [-0.15, -0.1) is 10.2 Å². The Bertz CT molecular complexity index is 1120. The predicted octanol–water partition coefficient (Wildman–Crippen LogP) is 1.69. The third-order valence-electron chi connectivity index (χ3n) is 4.85. The molecule has 0 aliphatic carbocycles. The van der Waals surface area contributed by atoms with E-state index in [1.807, 2.05) is 0 Å². The Kier molecular flexibility index (Phi) is 6.97. The molecular formula is C16H20N10O5S2. The van der Waals surface area contributed by atoms with Crippen LogP contribution in [-0.4, -0.2) is 75.6 Å². The highest BCUT2D eigenvalue weighted by Crippen LogP contribution is 2.34. The maximum Gasteiger partial charge on any atom is 0.409 e. The number of thiazole rings is 1. The zero-order chi connectivity index (χ0) is 23.4. The Balaban J connectivity index is 1.35. The van der Waals surface area contributed by atoms with Crippen LogP contribution in [0.3, 0.4) is 0 Å². The van der Waals surface area contributed by atoms with Gasteiger partial charge >= 0.3 is 17.1 Å². The number of piperidine rings is 1. The van der Waals surface area contributed by atoms with Gasteiger partial charge in [0.05, 0.1) is 17.6 Å². The van der Waals surface area contributed by atoms with Gasteiger partial charge in [0, 0.05) is 20.1 Å². The van der Waals surface area contributed by atoms with Crippen molar-refractivity contribution < 1.29 is 19.2 Å². The van der Waals surface area contributed by atoms with E-state index in [9.17, 15) is 14.9 Å². The van der Waals surface area contributed by atoms with E-state index in [1.54, 1.807) is 28.1 Å². The van der Waals surface area contributed by atoms with Gasteiger partial charge in [-0.25, -0.2) is 14.5 Å². The number of hydrogen-bond donors (Lipinski definition) is 0. The van der Waals surface area contributed by atoms with Gasteiger partial charge in [-0.3, -0.25) is 14.7 Å². The van der Waals surface area contributed by atoms with Crippen LogP contribution in [0.15, 0.2) is 15.7 Å². The summed E-state index contributed by atoms with van der Waals surface area (Å²) in [6, 6.07) is 0.283. The van der Waals surface area contributed by atoms with E-state index in [4.69, 9.17) is 9.47 Å². The molecule has 1 aliphatic heterocycles. The van der Waals surface area contributed by atoms with Gasteiger partial charge in [-0.2, -0.15) is 0 Å². The lowest BCUT2D eigenvalue weighted by atomic mass is 10.1. The molecule has 0 aromatic carbocycles. The molecule has 176 valence electrons. The van der Waals surface area contributed by atoms with Crippen molar-refractivity contribution in [2.45, 2.75) is 41.9 Å². The minimum absolute atomic E-state index is 0.0376. The van der Waals surface area contributed by atoms with E-state index < -0.39 is 4.92 Å². The second-order valence-corrected chi connectivity index (χ2v) is 9.12. The first-order valence-electron chi connectivity index (χ1n) is 9.95. The Morgan fingerprint density at radius 2 is 2.12 bits per heavy atom. The summed E-state index contributed by atoms with van der Waals surface area (Å²) in [6.07, 6.45) is 2.29. The summed E-state index contributed by atoms with van der Waals surface area (Å²) in [5.74, 6) is 0.525. The van der Waals surface area contributed by atoms with Crippen LogP contribution in [0.5, 0.6) is 6.01 Å². The molecule has 0 bridgehead atoms. The summed E-state index contributed by atoms with van der Waals surface area (Å²) in [6.45, 7) is 3.32. The van der Waals surface area contributed by atoms with Gasteiger partial charge in [-0.05, 0) is 53.3 Å². The molecule has 0 N–H and O–H groups in total. The molecule has 0 spiro atoms. The first-order chi connectivity index (χ1) is 16.0. The zero-order valence-corrected chi connectivity index (χ0v) is 19.4. The van der Waals surface area contributed by atoms with E-state index in [1.165, 1.54) is 6.20 Å². The molecule has 1 aliphatic rings. The van der Waals surface area contributed by atoms with Crippen LogP contribution in [-0.2, 0) is 18.4 Å². The van der Waals surface area contributed by atoms with Gasteiger partial charge in [0.15, 0.2) is 16.8 Å². The molecule has 0 atom stereocenters. The molecule has 1 fully saturated rings. The van der Waals surface area contributed by atoms with E-state index in [-0.39, 0.29) is 29.8 Å². The molecule has 3 aromatic rings. The molecule has 1 saturated heterocycles. The minimum atomic E-state index is -0.488. The van der Waals surface area contributed by atoms with Crippen molar-refractivity contribution in [3.63, 3.8) is 0 Å². The summed E-state index contributed by atoms with van der Waals surface area (Å²) in [7, 11) is 1.72. The number of likely N-dealkylation sites (tertiary alicyclic amines) is 1. The average molecular weight is 497 g/mol. The molecule has 4 rings (SSSR count). The second kappa shape index (κ2) is 10.1. The first-order valence-corrected chi connectivity index (χ1v) is 11.6. The third kappa shape index (κ3) is 5.19. The number of tetrazole rings is 1. The smallest absolute Gasteiger partial charge is 0.409 e. The highest BCUT2D eigenvalue weighted by Gasteiger charge is 2.27. The SMILES string of the molecule is CCOC(=O)N1CCC(n2nnnc2COc2nnc(Sc3ncc([N+](=O)[O-])s3)n2C)CC1. The number of nitrogens with zero attached hydrogens (tertiary/aromatic N) is 10. The zero-order valence-electron chi connectivity index (χ0n) is 17.7. The van der Waals surface area contributed by atoms with Crippen molar-refractivity contribution in [1.29, 1.82) is 0 Å². The van der Waals surface area contributed by atoms with Crippen molar-refractivity contribution in [3.8, 4) is 6.01 Å². The number of rotatable bonds is 8. The van der Waals surface area contributed by atoms with E-state index in [2.05, 4.69) is 30.7 Å². The number of nitro groups is 1. The first kappa shape index (κ1) is 22.8. The van der Waals surface area contributed by atoms with Gasteiger partial charge in [0.1, 0.15) is 6.20 Å². The Hall–Kier alpha value is -3.34. The average Bonchev–Trinajstić information content (AvgIpc) is 3.54. The highest BCUT2D eigenvalue weighted by atomic mass is 32.2. The largest absolute Gasteiger partial charge is 0.455 e. The molecule has 33 heavy (non-hydrogen) atoms. The maximum absolute atomic E-state index is 11.9. The number of carbonyl (C=O) groups excluding carboxylic acids is 1. The quantitative estimate of drug-likeness (QED) is 0.327. The van der Waals surface area contributed by atoms with Gasteiger partial charge in [0.2, 0.25) is 5.16 Å². The summed E-state index contributed by atoms with van der Waals surface area (Å²) in [4.78, 5) is 27.9. The van der Waals surface area contributed by atoms with Crippen molar-refractivity contribution in [2.24, 2.45) is 7.05 Å². The van der Waals surface area contributed by atoms with Gasteiger partial charge in [-0.1, -0.05) is 5.10 Å². The fraction of sp³-hybridized carbons (Fsp3) is 0.562. The molecule has 4 heterocycles. The standard InChI is InChI=1S/C16H20N10O5S2/c1-3-30-16(27)24-6-4-10(5-7-24)25-11(18-21-22-25)9-31-13-19-20-14(23(13)2)33-15-17-8-12(32-15)26(28)29/h8,10H,3-7,9H2,1-2H3. The predicted molar refractivity (Wildman–Crippen MR) is 113 cm³/mol. The van der Waals surface area contributed by atoms with Crippen molar-refractivity contribution in [1.82, 2.24) is 44.9 Å². The fourth-order valence-electron chi connectivity index (χ4n) is 3.20. The van der Waals surface area contributed by atoms with Crippen molar-refractivity contribution >= 4 is 34.2 Å². The van der Waals surface area contributed by atoms with E-state index >= 15 is 0 Å². The molecule has 0 radical (unpaired) electrons. The fourth-order valence-corrected chi connectivity index (χ4v) is 4.87. The maximum atomic E-state index is 11.9. The Morgan fingerprint density at radius 3 is 2.82 bits per heavy atom. The lowest BCUT2D eigenvalue weighted by Crippen LogP contribution is -2.39. The lowest BCUT2D eigenvalue weighted by molar-refractivity contribution is -0.380. The Labute approximate surface area is 195 Å².